The van der Waals surface area contributed by atoms with Crippen LogP contribution in [0.1, 0.15) is 24.6 Å². The summed E-state index contributed by atoms with van der Waals surface area (Å²) in [4.78, 5) is 17.4. The Balaban J connectivity index is 1.62. The molecule has 0 saturated carbocycles. The summed E-state index contributed by atoms with van der Waals surface area (Å²) < 4.78 is 5.55. The Morgan fingerprint density at radius 1 is 1.38 bits per heavy atom. The van der Waals surface area contributed by atoms with Crippen LogP contribution in [0, 0.1) is 0 Å². The summed E-state index contributed by atoms with van der Waals surface area (Å²) >= 11 is 0. The van der Waals surface area contributed by atoms with Gasteiger partial charge in [-0.15, -0.1) is 0 Å². The van der Waals surface area contributed by atoms with Crippen molar-refractivity contribution in [2.24, 2.45) is 0 Å². The van der Waals surface area contributed by atoms with Gasteiger partial charge in [0, 0.05) is 30.2 Å². The van der Waals surface area contributed by atoms with Gasteiger partial charge in [0.25, 0.3) is 5.91 Å². The summed E-state index contributed by atoms with van der Waals surface area (Å²) in [6.45, 7) is 0.823. The second kappa shape index (κ2) is 5.91. The lowest BCUT2D eigenvalue weighted by Crippen LogP contribution is -2.34. The molecule has 1 unspecified atom stereocenters. The fraction of sp³-hybridized carbons (Fsp3) is 0.312. The number of aromatic nitrogens is 1. The van der Waals surface area contributed by atoms with Crippen molar-refractivity contribution in [2.45, 2.75) is 18.9 Å². The molecular formula is C16H19N3O2. The minimum atomic E-state index is 0.00882. The third-order valence-corrected chi connectivity index (χ3v) is 3.77. The van der Waals surface area contributed by atoms with E-state index < -0.39 is 0 Å². The van der Waals surface area contributed by atoms with Gasteiger partial charge in [-0.05, 0) is 37.1 Å². The Bertz CT molecular complexity index is 610. The summed E-state index contributed by atoms with van der Waals surface area (Å²) in [5.74, 6) is 0.633. The van der Waals surface area contributed by atoms with Crippen molar-refractivity contribution in [3.8, 4) is 5.75 Å². The fourth-order valence-corrected chi connectivity index (χ4v) is 2.77. The predicted octanol–water partition coefficient (Wildman–Crippen LogP) is 2.34. The van der Waals surface area contributed by atoms with Gasteiger partial charge in [-0.25, -0.2) is 0 Å². The number of likely N-dealkylation sites (tertiary alicyclic amines) is 1. The van der Waals surface area contributed by atoms with E-state index in [1.165, 1.54) is 0 Å². The smallest absolute Gasteiger partial charge is 0.261 e. The first-order chi connectivity index (χ1) is 10.2. The maximum Gasteiger partial charge on any atom is 0.261 e. The van der Waals surface area contributed by atoms with Crippen molar-refractivity contribution < 1.29 is 9.53 Å². The average Bonchev–Trinajstić information content (AvgIpc) is 3.14. The number of nitrogens with one attached hydrogen (secondary N) is 1. The Morgan fingerprint density at radius 2 is 2.29 bits per heavy atom. The van der Waals surface area contributed by atoms with Gasteiger partial charge < -0.3 is 20.4 Å². The van der Waals surface area contributed by atoms with E-state index in [4.69, 9.17) is 10.5 Å². The lowest BCUT2D eigenvalue weighted by atomic mass is 10.1. The molecule has 0 aliphatic carbocycles. The highest BCUT2D eigenvalue weighted by Gasteiger charge is 2.30. The number of carbonyl (C=O) groups excluding carboxylic acids is 1. The number of anilines is 1. The molecule has 2 heterocycles. The van der Waals surface area contributed by atoms with Gasteiger partial charge in [0.2, 0.25) is 0 Å². The van der Waals surface area contributed by atoms with Crippen molar-refractivity contribution in [1.82, 2.24) is 9.88 Å². The molecule has 1 amide bonds. The van der Waals surface area contributed by atoms with E-state index in [1.807, 2.05) is 29.3 Å². The number of benzene rings is 1. The molecule has 5 nitrogen and oxygen atoms in total. The van der Waals surface area contributed by atoms with E-state index in [0.29, 0.717) is 11.4 Å². The summed E-state index contributed by atoms with van der Waals surface area (Å²) in [6, 6.07) is 11.2. The van der Waals surface area contributed by atoms with Gasteiger partial charge in [-0.2, -0.15) is 0 Å². The fourth-order valence-electron chi connectivity index (χ4n) is 2.77. The van der Waals surface area contributed by atoms with E-state index in [0.717, 1.165) is 25.1 Å². The van der Waals surface area contributed by atoms with E-state index in [1.54, 1.807) is 18.2 Å². The number of hydrogen-bond acceptors (Lipinski definition) is 3. The Kier molecular flexibility index (Phi) is 3.81. The molecule has 2 aromatic rings. The van der Waals surface area contributed by atoms with Crippen LogP contribution in [0.4, 0.5) is 5.69 Å². The zero-order chi connectivity index (χ0) is 14.7. The quantitative estimate of drug-likeness (QED) is 0.847. The lowest BCUT2D eigenvalue weighted by molar-refractivity contribution is -0.134. The number of aromatic amines is 1. The number of amides is 1. The Morgan fingerprint density at radius 3 is 3.05 bits per heavy atom. The van der Waals surface area contributed by atoms with Crippen molar-refractivity contribution >= 4 is 11.6 Å². The predicted molar refractivity (Wildman–Crippen MR) is 80.8 cm³/mol. The molecule has 1 atom stereocenters. The van der Waals surface area contributed by atoms with Crippen molar-refractivity contribution in [3.63, 3.8) is 0 Å². The third kappa shape index (κ3) is 3.02. The summed E-state index contributed by atoms with van der Waals surface area (Å²) in [7, 11) is 0. The van der Waals surface area contributed by atoms with Crippen molar-refractivity contribution in [3.05, 3.63) is 48.3 Å². The first kappa shape index (κ1) is 13.5. The standard InChI is InChI=1S/C16H19N3O2/c17-12-4-1-5-13(10-12)21-11-16(20)19-9-3-7-15(19)14-6-2-8-18-14/h1-2,4-6,8,10,15,18H,3,7,9,11,17H2. The molecule has 1 fully saturated rings. The number of hydrogen-bond donors (Lipinski definition) is 2. The third-order valence-electron chi connectivity index (χ3n) is 3.77. The topological polar surface area (TPSA) is 71.3 Å². The molecule has 110 valence electrons. The van der Waals surface area contributed by atoms with Crippen LogP contribution in [0.2, 0.25) is 0 Å². The van der Waals surface area contributed by atoms with Crippen LogP contribution in [0.25, 0.3) is 0 Å². The van der Waals surface area contributed by atoms with Crippen molar-refractivity contribution in [1.29, 1.82) is 0 Å². The molecule has 1 aromatic carbocycles. The number of rotatable bonds is 4. The monoisotopic (exact) mass is 285 g/mol. The number of nitrogen functional groups attached to an aromatic ring is 1. The number of nitrogens with two attached hydrogens (primary N) is 1. The maximum atomic E-state index is 12.4. The number of ether oxygens (including phenoxy) is 1. The summed E-state index contributed by atoms with van der Waals surface area (Å²) in [5, 5.41) is 0. The van der Waals surface area contributed by atoms with E-state index in [-0.39, 0.29) is 18.6 Å². The largest absolute Gasteiger partial charge is 0.484 e. The number of carbonyl (C=O) groups is 1. The first-order valence-electron chi connectivity index (χ1n) is 7.15. The second-order valence-electron chi connectivity index (χ2n) is 5.23. The van der Waals surface area contributed by atoms with Crippen LogP contribution in [0.5, 0.6) is 5.75 Å². The zero-order valence-electron chi connectivity index (χ0n) is 11.8. The summed E-state index contributed by atoms with van der Waals surface area (Å²) in [6.07, 6.45) is 3.90. The van der Waals surface area contributed by atoms with Crippen LogP contribution >= 0.6 is 0 Å². The Hall–Kier alpha value is -2.43. The molecule has 0 radical (unpaired) electrons. The van der Waals surface area contributed by atoms with Crippen LogP contribution in [-0.2, 0) is 4.79 Å². The van der Waals surface area contributed by atoms with Gasteiger partial charge in [-0.1, -0.05) is 6.07 Å². The molecule has 1 aliphatic rings. The lowest BCUT2D eigenvalue weighted by Gasteiger charge is -2.24. The molecule has 3 rings (SSSR count). The summed E-state index contributed by atoms with van der Waals surface area (Å²) in [5.41, 5.74) is 7.41. The molecule has 21 heavy (non-hydrogen) atoms. The van der Waals surface area contributed by atoms with Gasteiger partial charge in [0.1, 0.15) is 5.75 Å². The van der Waals surface area contributed by atoms with Crippen LogP contribution in [-0.4, -0.2) is 28.9 Å². The van der Waals surface area contributed by atoms with Crippen LogP contribution in [0.3, 0.4) is 0 Å². The SMILES string of the molecule is Nc1cccc(OCC(=O)N2CCCC2c2ccc[nH]2)c1. The highest BCUT2D eigenvalue weighted by molar-refractivity contribution is 5.78. The normalized spacial score (nSPS) is 17.9. The highest BCUT2D eigenvalue weighted by atomic mass is 16.5. The molecule has 0 spiro atoms. The first-order valence-corrected chi connectivity index (χ1v) is 7.15. The number of H-pyrrole nitrogens is 1. The molecule has 1 saturated heterocycles. The minimum Gasteiger partial charge on any atom is -0.484 e. The number of nitrogens with zero attached hydrogens (tertiary/aromatic N) is 1. The molecule has 0 bridgehead atoms. The minimum absolute atomic E-state index is 0.00882. The van der Waals surface area contributed by atoms with Crippen molar-refractivity contribution in [2.75, 3.05) is 18.9 Å². The van der Waals surface area contributed by atoms with Gasteiger partial charge in [0.15, 0.2) is 6.61 Å². The van der Waals surface area contributed by atoms with E-state index in [9.17, 15) is 4.79 Å². The van der Waals surface area contributed by atoms with E-state index in [2.05, 4.69) is 4.98 Å². The second-order valence-corrected chi connectivity index (χ2v) is 5.23. The van der Waals surface area contributed by atoms with Gasteiger partial charge in [0.05, 0.1) is 6.04 Å². The van der Waals surface area contributed by atoms with Gasteiger partial charge >= 0.3 is 0 Å². The molecule has 3 N–H and O–H groups in total. The molecular weight excluding hydrogens is 266 g/mol. The molecule has 1 aliphatic heterocycles. The van der Waals surface area contributed by atoms with E-state index >= 15 is 0 Å². The van der Waals surface area contributed by atoms with Gasteiger partial charge in [-0.3, -0.25) is 4.79 Å². The average molecular weight is 285 g/mol. The maximum absolute atomic E-state index is 12.4. The van der Waals surface area contributed by atoms with Crippen LogP contribution in [0.15, 0.2) is 42.6 Å². The highest BCUT2D eigenvalue weighted by Crippen LogP contribution is 2.30. The molecule has 1 aromatic heterocycles. The zero-order valence-corrected chi connectivity index (χ0v) is 11.8. The Labute approximate surface area is 123 Å². The molecule has 5 heteroatoms. The van der Waals surface area contributed by atoms with Crippen LogP contribution < -0.4 is 10.5 Å².